The van der Waals surface area contributed by atoms with Gasteiger partial charge in [0, 0.05) is 9.61 Å². The van der Waals surface area contributed by atoms with Crippen LogP contribution in [0.2, 0.25) is 5.02 Å². The highest BCUT2D eigenvalue weighted by molar-refractivity contribution is 14.1. The van der Waals surface area contributed by atoms with Gasteiger partial charge in [0.15, 0.2) is 0 Å². The van der Waals surface area contributed by atoms with Crippen molar-refractivity contribution in [2.75, 3.05) is 5.73 Å². The first-order valence-electron chi connectivity index (χ1n) is 6.42. The molecule has 0 aromatic heterocycles. The van der Waals surface area contributed by atoms with Crippen LogP contribution in [0.25, 0.3) is 0 Å². The summed E-state index contributed by atoms with van der Waals surface area (Å²) in [6.45, 7) is 5.54. The molecule has 0 bridgehead atoms. The number of rotatable bonds is 1. The van der Waals surface area contributed by atoms with E-state index in [-0.39, 0.29) is 12.1 Å². The second kappa shape index (κ2) is 5.60. The van der Waals surface area contributed by atoms with E-state index in [4.69, 9.17) is 22.1 Å². The van der Waals surface area contributed by atoms with E-state index in [2.05, 4.69) is 27.9 Å². The fourth-order valence-corrected chi connectivity index (χ4v) is 3.53. The van der Waals surface area contributed by atoms with E-state index in [0.717, 1.165) is 22.0 Å². The number of nitrogen functional groups attached to an aromatic ring is 1. The summed E-state index contributed by atoms with van der Waals surface area (Å²) in [6.07, 6.45) is 1.13. The maximum absolute atomic E-state index is 11.8. The van der Waals surface area contributed by atoms with Crippen molar-refractivity contribution in [2.24, 2.45) is 0 Å². The van der Waals surface area contributed by atoms with Gasteiger partial charge in [0.1, 0.15) is 5.60 Å². The van der Waals surface area contributed by atoms with Crippen molar-refractivity contribution < 1.29 is 9.53 Å². The molecule has 1 unspecified atom stereocenters. The second-order valence-electron chi connectivity index (χ2n) is 5.98. The van der Waals surface area contributed by atoms with Gasteiger partial charge in [0.25, 0.3) is 0 Å². The Bertz CT molecular complexity index is 555. The SMILES string of the molecule is CC(C)(C)OC(=O)NC1Cc2cc(Cl)c(N)c(I)c2C1. The second-order valence-corrected chi connectivity index (χ2v) is 7.46. The van der Waals surface area contributed by atoms with Crippen LogP contribution in [0, 0.1) is 3.57 Å². The highest BCUT2D eigenvalue weighted by atomic mass is 127. The summed E-state index contributed by atoms with van der Waals surface area (Å²) in [5.41, 5.74) is 8.38. The predicted molar refractivity (Wildman–Crippen MR) is 89.1 cm³/mol. The van der Waals surface area contributed by atoms with Gasteiger partial charge >= 0.3 is 6.09 Å². The summed E-state index contributed by atoms with van der Waals surface area (Å²) < 4.78 is 6.26. The fourth-order valence-electron chi connectivity index (χ4n) is 2.29. The summed E-state index contributed by atoms with van der Waals surface area (Å²) >= 11 is 8.30. The van der Waals surface area contributed by atoms with Gasteiger partial charge in [-0.3, -0.25) is 0 Å². The number of ether oxygens (including phenoxy) is 1. The summed E-state index contributed by atoms with van der Waals surface area (Å²) in [4.78, 5) is 11.8. The molecule has 0 fully saturated rings. The number of anilines is 1. The highest BCUT2D eigenvalue weighted by Gasteiger charge is 2.28. The lowest BCUT2D eigenvalue weighted by atomic mass is 10.1. The van der Waals surface area contributed by atoms with Crippen LogP contribution in [0.1, 0.15) is 31.9 Å². The number of alkyl carbamates (subject to hydrolysis) is 1. The Hall–Kier alpha value is -0.690. The Kier molecular flexibility index (Phi) is 4.39. The number of nitrogens with two attached hydrogens (primary N) is 1. The smallest absolute Gasteiger partial charge is 0.407 e. The van der Waals surface area contributed by atoms with E-state index in [9.17, 15) is 4.79 Å². The van der Waals surface area contributed by atoms with Crippen molar-refractivity contribution in [1.29, 1.82) is 0 Å². The largest absolute Gasteiger partial charge is 0.444 e. The lowest BCUT2D eigenvalue weighted by Crippen LogP contribution is -2.39. The third kappa shape index (κ3) is 3.49. The van der Waals surface area contributed by atoms with Crippen LogP contribution < -0.4 is 11.1 Å². The van der Waals surface area contributed by atoms with Crippen LogP contribution in [-0.4, -0.2) is 17.7 Å². The number of hydrogen-bond acceptors (Lipinski definition) is 3. The number of carbonyl (C=O) groups is 1. The third-order valence-corrected chi connectivity index (χ3v) is 4.63. The summed E-state index contributed by atoms with van der Waals surface area (Å²) in [5.74, 6) is 0. The van der Waals surface area contributed by atoms with Crippen molar-refractivity contribution in [1.82, 2.24) is 5.32 Å². The molecule has 0 saturated carbocycles. The number of benzene rings is 1. The maximum Gasteiger partial charge on any atom is 0.407 e. The maximum atomic E-state index is 11.8. The van der Waals surface area contributed by atoms with Crippen molar-refractivity contribution in [3.05, 3.63) is 25.8 Å². The monoisotopic (exact) mass is 408 g/mol. The molecular weight excluding hydrogens is 391 g/mol. The Balaban J connectivity index is 2.07. The van der Waals surface area contributed by atoms with Gasteiger partial charge in [-0.15, -0.1) is 0 Å². The van der Waals surface area contributed by atoms with Gasteiger partial charge in [-0.1, -0.05) is 11.6 Å². The van der Waals surface area contributed by atoms with Crippen molar-refractivity contribution >= 4 is 46.0 Å². The zero-order valence-corrected chi connectivity index (χ0v) is 14.6. The minimum absolute atomic E-state index is 0.0335. The van der Waals surface area contributed by atoms with Gasteiger partial charge in [-0.05, 0) is 73.4 Å². The Morgan fingerprint density at radius 1 is 1.50 bits per heavy atom. The average molecular weight is 409 g/mol. The molecule has 1 amide bonds. The molecule has 1 aromatic rings. The van der Waals surface area contributed by atoms with E-state index in [1.165, 1.54) is 5.56 Å². The first-order valence-corrected chi connectivity index (χ1v) is 7.88. The van der Waals surface area contributed by atoms with Crippen LogP contribution in [0.3, 0.4) is 0 Å². The van der Waals surface area contributed by atoms with Crippen LogP contribution >= 0.6 is 34.2 Å². The molecular formula is C14H18ClIN2O2. The standard InChI is InChI=1S/C14H18ClIN2O2/c1-14(2,3)20-13(19)18-8-4-7-5-10(15)12(17)11(16)9(7)6-8/h5,8H,4,6,17H2,1-3H3,(H,18,19). The fraction of sp³-hybridized carbons (Fsp3) is 0.500. The number of amides is 1. The molecule has 0 radical (unpaired) electrons. The number of fused-ring (bicyclic) bond motifs is 1. The Morgan fingerprint density at radius 2 is 2.15 bits per heavy atom. The molecule has 3 N–H and O–H groups in total. The minimum atomic E-state index is -0.488. The van der Waals surface area contributed by atoms with Crippen molar-refractivity contribution in [3.63, 3.8) is 0 Å². The molecule has 110 valence electrons. The van der Waals surface area contributed by atoms with Gasteiger partial charge in [0.05, 0.1) is 10.7 Å². The predicted octanol–water partition coefficient (Wildman–Crippen LogP) is 3.52. The summed E-state index contributed by atoms with van der Waals surface area (Å²) in [6, 6.07) is 1.93. The molecule has 4 nitrogen and oxygen atoms in total. The molecule has 1 aliphatic rings. The van der Waals surface area contributed by atoms with E-state index in [0.29, 0.717) is 10.7 Å². The highest BCUT2D eigenvalue weighted by Crippen LogP contribution is 2.35. The molecule has 1 aliphatic carbocycles. The normalized spacial score (nSPS) is 17.8. The molecule has 20 heavy (non-hydrogen) atoms. The summed E-state index contributed by atoms with van der Waals surface area (Å²) in [5, 5.41) is 3.48. The van der Waals surface area contributed by atoms with E-state index < -0.39 is 5.60 Å². The molecule has 0 spiro atoms. The van der Waals surface area contributed by atoms with Crippen LogP contribution in [-0.2, 0) is 17.6 Å². The van der Waals surface area contributed by atoms with Gasteiger partial charge in [0.2, 0.25) is 0 Å². The average Bonchev–Trinajstić information content (AvgIpc) is 2.66. The van der Waals surface area contributed by atoms with Crippen molar-refractivity contribution in [3.8, 4) is 0 Å². The number of halogens is 2. The van der Waals surface area contributed by atoms with E-state index >= 15 is 0 Å². The lowest BCUT2D eigenvalue weighted by molar-refractivity contribution is 0.0506. The molecule has 0 aliphatic heterocycles. The molecule has 1 atom stereocenters. The lowest BCUT2D eigenvalue weighted by Gasteiger charge is -2.21. The molecule has 6 heteroatoms. The van der Waals surface area contributed by atoms with Crippen LogP contribution in [0.5, 0.6) is 0 Å². The molecule has 2 rings (SSSR count). The summed E-state index contributed by atoms with van der Waals surface area (Å²) in [7, 11) is 0. The minimum Gasteiger partial charge on any atom is -0.444 e. The number of carbonyl (C=O) groups excluding carboxylic acids is 1. The third-order valence-electron chi connectivity index (χ3n) is 3.08. The van der Waals surface area contributed by atoms with E-state index in [1.54, 1.807) is 0 Å². The van der Waals surface area contributed by atoms with Gasteiger partial charge < -0.3 is 15.8 Å². The molecule has 1 aromatic carbocycles. The van der Waals surface area contributed by atoms with Crippen LogP contribution in [0.15, 0.2) is 6.07 Å². The van der Waals surface area contributed by atoms with Gasteiger partial charge in [-0.2, -0.15) is 0 Å². The molecule has 0 heterocycles. The van der Waals surface area contributed by atoms with Gasteiger partial charge in [-0.25, -0.2) is 4.79 Å². The van der Waals surface area contributed by atoms with E-state index in [1.807, 2.05) is 26.8 Å². The first kappa shape index (κ1) is 15.7. The topological polar surface area (TPSA) is 64.3 Å². The number of nitrogens with one attached hydrogen (secondary N) is 1. The first-order chi connectivity index (χ1) is 9.17. The quantitative estimate of drug-likeness (QED) is 0.552. The zero-order valence-electron chi connectivity index (χ0n) is 11.7. The Labute approximate surface area is 137 Å². The Morgan fingerprint density at radius 3 is 2.75 bits per heavy atom. The van der Waals surface area contributed by atoms with Crippen LogP contribution in [0.4, 0.5) is 10.5 Å². The number of hydrogen-bond donors (Lipinski definition) is 2. The zero-order chi connectivity index (χ0) is 15.1. The van der Waals surface area contributed by atoms with Crippen molar-refractivity contribution in [2.45, 2.75) is 45.3 Å². The molecule has 0 saturated heterocycles.